The third kappa shape index (κ3) is 5.36. The summed E-state index contributed by atoms with van der Waals surface area (Å²) in [5.74, 6) is -0.230. The third-order valence-electron chi connectivity index (χ3n) is 4.15. The second-order valence-electron chi connectivity index (χ2n) is 7.01. The molecule has 0 spiro atoms. The van der Waals surface area contributed by atoms with E-state index in [2.05, 4.69) is 5.32 Å². The predicted octanol–water partition coefficient (Wildman–Crippen LogP) is 3.55. The van der Waals surface area contributed by atoms with Crippen molar-refractivity contribution in [2.75, 3.05) is 18.5 Å². The molecule has 0 aromatic heterocycles. The van der Waals surface area contributed by atoms with Crippen LogP contribution in [-0.4, -0.2) is 30.6 Å². The average Bonchev–Trinajstić information content (AvgIpc) is 2.53. The normalized spacial score (nSPS) is 16.7. The van der Waals surface area contributed by atoms with E-state index in [1.165, 1.54) is 6.20 Å². The highest BCUT2D eigenvalue weighted by atomic mass is 16.5. The quantitative estimate of drug-likeness (QED) is 0.355. The fourth-order valence-electron chi connectivity index (χ4n) is 2.80. The third-order valence-corrected chi connectivity index (χ3v) is 4.15. The van der Waals surface area contributed by atoms with Crippen molar-refractivity contribution < 1.29 is 19.1 Å². The van der Waals surface area contributed by atoms with Crippen LogP contribution >= 0.6 is 0 Å². The van der Waals surface area contributed by atoms with Gasteiger partial charge in [-0.2, -0.15) is 0 Å². The maximum atomic E-state index is 12.1. The molecule has 1 N–H and O–H groups in total. The van der Waals surface area contributed by atoms with E-state index >= 15 is 0 Å². The highest BCUT2D eigenvalue weighted by Gasteiger charge is 2.35. The fraction of sp³-hybridized carbons (Fsp3) is 0.450. The van der Waals surface area contributed by atoms with Crippen LogP contribution in [0.2, 0.25) is 0 Å². The Bertz CT molecular complexity index is 664. The molecule has 5 heteroatoms. The molecule has 5 nitrogen and oxygen atoms in total. The summed E-state index contributed by atoms with van der Waals surface area (Å²) in [7, 11) is 0. The number of carbonyl (C=O) groups excluding carboxylic acids is 3. The molecule has 1 aliphatic carbocycles. The van der Waals surface area contributed by atoms with Crippen molar-refractivity contribution in [2.24, 2.45) is 5.41 Å². The second-order valence-corrected chi connectivity index (χ2v) is 7.01. The molecular weight excluding hydrogens is 318 g/mol. The number of carbonyl (C=O) groups is 3. The molecule has 1 saturated carbocycles. The van der Waals surface area contributed by atoms with Gasteiger partial charge in [-0.3, -0.25) is 14.4 Å². The molecule has 1 aliphatic rings. The molecule has 0 bridgehead atoms. The summed E-state index contributed by atoms with van der Waals surface area (Å²) in [5.41, 5.74) is 1.29. The van der Waals surface area contributed by atoms with Crippen LogP contribution in [0.5, 0.6) is 0 Å². The lowest BCUT2D eigenvalue weighted by atomic mass is 9.74. The number of hydrogen-bond donors (Lipinski definition) is 1. The van der Waals surface area contributed by atoms with Crippen molar-refractivity contribution in [3.63, 3.8) is 0 Å². The van der Waals surface area contributed by atoms with Crippen molar-refractivity contribution in [3.8, 4) is 0 Å². The molecule has 0 saturated heterocycles. The number of anilines is 1. The van der Waals surface area contributed by atoms with Crippen LogP contribution < -0.4 is 5.32 Å². The van der Waals surface area contributed by atoms with Gasteiger partial charge in [0.1, 0.15) is 0 Å². The second kappa shape index (κ2) is 8.21. The van der Waals surface area contributed by atoms with Crippen molar-refractivity contribution in [1.29, 1.82) is 0 Å². The zero-order chi connectivity index (χ0) is 18.4. The van der Waals surface area contributed by atoms with Gasteiger partial charge in [-0.1, -0.05) is 13.8 Å². The topological polar surface area (TPSA) is 72.5 Å². The van der Waals surface area contributed by atoms with Crippen LogP contribution in [0.15, 0.2) is 36.0 Å². The average molecular weight is 343 g/mol. The number of nitrogens with one attached hydrogen (secondary N) is 1. The first kappa shape index (κ1) is 19.1. The number of ketones is 3. The van der Waals surface area contributed by atoms with E-state index in [1.807, 2.05) is 20.8 Å². The van der Waals surface area contributed by atoms with Gasteiger partial charge < -0.3 is 10.1 Å². The summed E-state index contributed by atoms with van der Waals surface area (Å²) >= 11 is 0. The van der Waals surface area contributed by atoms with Gasteiger partial charge in [0.2, 0.25) is 0 Å². The Morgan fingerprint density at radius 3 is 2.32 bits per heavy atom. The van der Waals surface area contributed by atoms with E-state index in [1.54, 1.807) is 24.3 Å². The lowest BCUT2D eigenvalue weighted by Crippen LogP contribution is -2.31. The van der Waals surface area contributed by atoms with Crippen LogP contribution in [0, 0.1) is 5.41 Å². The van der Waals surface area contributed by atoms with Gasteiger partial charge in [0.25, 0.3) is 0 Å². The van der Waals surface area contributed by atoms with Crippen LogP contribution in [0.4, 0.5) is 5.69 Å². The minimum atomic E-state index is -0.269. The van der Waals surface area contributed by atoms with Crippen LogP contribution in [0.1, 0.15) is 50.4 Å². The smallest absolute Gasteiger partial charge is 0.168 e. The number of allylic oxidation sites excluding steroid dienone is 1. The molecule has 25 heavy (non-hydrogen) atoms. The van der Waals surface area contributed by atoms with Gasteiger partial charge in [-0.15, -0.1) is 0 Å². The monoisotopic (exact) mass is 343 g/mol. The summed E-state index contributed by atoms with van der Waals surface area (Å²) in [6, 6.07) is 6.96. The SMILES string of the molecule is CCOCCC(=O)c1ccc(NC=C2C(=O)CC(C)(C)CC2=O)cc1. The number of rotatable bonds is 7. The summed E-state index contributed by atoms with van der Waals surface area (Å²) in [5, 5.41) is 2.98. The Hall–Kier alpha value is -2.27. The zero-order valence-corrected chi connectivity index (χ0v) is 15.1. The van der Waals surface area contributed by atoms with E-state index < -0.39 is 0 Å². The minimum Gasteiger partial charge on any atom is -0.381 e. The Kier molecular flexibility index (Phi) is 6.26. The number of Topliss-reactive ketones (excluding diaryl/α,β-unsaturated/α-hetero) is 3. The zero-order valence-electron chi connectivity index (χ0n) is 15.1. The molecule has 134 valence electrons. The molecule has 0 radical (unpaired) electrons. The van der Waals surface area contributed by atoms with Gasteiger partial charge in [0.15, 0.2) is 17.3 Å². The predicted molar refractivity (Wildman–Crippen MR) is 96.6 cm³/mol. The minimum absolute atomic E-state index is 0.0261. The van der Waals surface area contributed by atoms with Gasteiger partial charge >= 0.3 is 0 Å². The molecule has 0 aliphatic heterocycles. The molecule has 2 rings (SSSR count). The van der Waals surface area contributed by atoms with E-state index in [0.717, 1.165) is 5.69 Å². The maximum Gasteiger partial charge on any atom is 0.168 e. The van der Waals surface area contributed by atoms with Crippen LogP contribution in [0.25, 0.3) is 0 Å². The molecule has 0 amide bonds. The van der Waals surface area contributed by atoms with Crippen LogP contribution in [-0.2, 0) is 14.3 Å². The Morgan fingerprint density at radius 1 is 1.16 bits per heavy atom. The lowest BCUT2D eigenvalue weighted by molar-refractivity contribution is -0.127. The molecular formula is C20H25NO4. The summed E-state index contributed by atoms with van der Waals surface area (Å²) < 4.78 is 5.19. The van der Waals surface area contributed by atoms with E-state index in [4.69, 9.17) is 4.74 Å². The standard InChI is InChI=1S/C20H25NO4/c1-4-25-10-9-17(22)14-5-7-15(8-6-14)21-13-16-18(23)11-20(2,3)12-19(16)24/h5-8,13,21H,4,9-12H2,1-3H3. The first-order valence-electron chi connectivity index (χ1n) is 8.56. The Labute approximate surface area is 148 Å². The molecule has 1 fully saturated rings. The highest BCUT2D eigenvalue weighted by Crippen LogP contribution is 2.33. The largest absolute Gasteiger partial charge is 0.381 e. The summed E-state index contributed by atoms with van der Waals surface area (Å²) in [4.78, 5) is 36.2. The molecule has 0 atom stereocenters. The lowest BCUT2D eigenvalue weighted by Gasteiger charge is -2.28. The van der Waals surface area contributed by atoms with Gasteiger partial charge in [-0.05, 0) is 36.6 Å². The first-order chi connectivity index (χ1) is 11.8. The number of benzene rings is 1. The Balaban J connectivity index is 1.98. The number of ether oxygens (including phenoxy) is 1. The summed E-state index contributed by atoms with van der Waals surface area (Å²) in [6.45, 7) is 6.76. The first-order valence-corrected chi connectivity index (χ1v) is 8.56. The fourth-order valence-corrected chi connectivity index (χ4v) is 2.80. The van der Waals surface area contributed by atoms with Crippen molar-refractivity contribution >= 4 is 23.0 Å². The van der Waals surface area contributed by atoms with Crippen LogP contribution in [0.3, 0.4) is 0 Å². The summed E-state index contributed by atoms with van der Waals surface area (Å²) in [6.07, 6.45) is 2.58. The number of hydrogen-bond acceptors (Lipinski definition) is 5. The van der Waals surface area contributed by atoms with Crippen molar-refractivity contribution in [2.45, 2.75) is 40.0 Å². The van der Waals surface area contributed by atoms with Gasteiger partial charge in [-0.25, -0.2) is 0 Å². The van der Waals surface area contributed by atoms with Gasteiger partial charge in [0, 0.05) is 43.3 Å². The molecule has 0 unspecified atom stereocenters. The molecule has 1 aromatic rings. The Morgan fingerprint density at radius 2 is 1.76 bits per heavy atom. The molecule has 1 aromatic carbocycles. The van der Waals surface area contributed by atoms with E-state index in [-0.39, 0.29) is 28.3 Å². The molecule has 0 heterocycles. The van der Waals surface area contributed by atoms with Gasteiger partial charge in [0.05, 0.1) is 12.2 Å². The van der Waals surface area contributed by atoms with Crippen molar-refractivity contribution in [3.05, 3.63) is 41.6 Å². The highest BCUT2D eigenvalue weighted by molar-refractivity contribution is 6.22. The van der Waals surface area contributed by atoms with E-state index in [9.17, 15) is 14.4 Å². The van der Waals surface area contributed by atoms with E-state index in [0.29, 0.717) is 38.0 Å². The maximum absolute atomic E-state index is 12.1. The van der Waals surface area contributed by atoms with Crippen molar-refractivity contribution in [1.82, 2.24) is 0 Å².